The smallest absolute Gasteiger partial charge is 0.237 e. The molecule has 0 fully saturated rings. The molecule has 2 atom stereocenters. The van der Waals surface area contributed by atoms with Crippen molar-refractivity contribution in [3.05, 3.63) is 60.2 Å². The van der Waals surface area contributed by atoms with Crippen LogP contribution in [0.5, 0.6) is 0 Å². The molecule has 0 aliphatic carbocycles. The van der Waals surface area contributed by atoms with E-state index in [0.29, 0.717) is 13.2 Å². The molecule has 0 spiro atoms. The van der Waals surface area contributed by atoms with E-state index in [9.17, 15) is 0 Å². The maximum absolute atomic E-state index is 5.73. The van der Waals surface area contributed by atoms with Crippen molar-refractivity contribution in [2.24, 2.45) is 11.1 Å². The number of hydrogen-bond donors (Lipinski definition) is 0. The average molecular weight is 322 g/mol. The summed E-state index contributed by atoms with van der Waals surface area (Å²) in [5, 5.41) is 12.8. The molecule has 1 aromatic heterocycles. The summed E-state index contributed by atoms with van der Waals surface area (Å²) in [6.07, 6.45) is -0.409. The van der Waals surface area contributed by atoms with Gasteiger partial charge in [0.05, 0.1) is 23.7 Å². The van der Waals surface area contributed by atoms with Gasteiger partial charge >= 0.3 is 0 Å². The number of oxime groups is 1. The van der Waals surface area contributed by atoms with Crippen LogP contribution in [0.4, 0.5) is 0 Å². The van der Waals surface area contributed by atoms with E-state index in [1.165, 1.54) is 0 Å². The average Bonchev–Trinajstić information content (AvgIpc) is 3.22. The highest BCUT2D eigenvalue weighted by Gasteiger charge is 2.36. The molecular formula is C18H18N4O2. The fourth-order valence-corrected chi connectivity index (χ4v) is 2.98. The third-order valence-corrected chi connectivity index (χ3v) is 4.13. The Bertz CT molecular complexity index is 860. The van der Waals surface area contributed by atoms with Crippen molar-refractivity contribution >= 4 is 16.7 Å². The van der Waals surface area contributed by atoms with Gasteiger partial charge in [-0.25, -0.2) is 4.68 Å². The molecule has 0 saturated carbocycles. The molecule has 4 rings (SSSR count). The minimum atomic E-state index is -0.409. The molecule has 3 aromatic rings. The molecule has 0 radical (unpaired) electrons. The predicted molar refractivity (Wildman–Crippen MR) is 90.5 cm³/mol. The third kappa shape index (κ3) is 2.65. The highest BCUT2D eigenvalue weighted by Crippen LogP contribution is 2.26. The van der Waals surface area contributed by atoms with Gasteiger partial charge in [0.2, 0.25) is 6.29 Å². The van der Waals surface area contributed by atoms with Crippen LogP contribution in [0.2, 0.25) is 0 Å². The molecule has 0 N–H and O–H groups in total. The van der Waals surface area contributed by atoms with Gasteiger partial charge in [-0.2, -0.15) is 0 Å². The first kappa shape index (κ1) is 14.8. The predicted octanol–water partition coefficient (Wildman–Crippen LogP) is 2.84. The number of rotatable bonds is 5. The summed E-state index contributed by atoms with van der Waals surface area (Å²) in [6, 6.07) is 17.9. The molecule has 122 valence electrons. The van der Waals surface area contributed by atoms with Gasteiger partial charge in [0.15, 0.2) is 0 Å². The molecule has 0 saturated heterocycles. The Balaban J connectivity index is 1.67. The molecule has 6 nitrogen and oxygen atoms in total. The second-order valence-electron chi connectivity index (χ2n) is 5.64. The topological polar surface area (TPSA) is 61.5 Å². The lowest BCUT2D eigenvalue weighted by Gasteiger charge is -2.18. The first-order chi connectivity index (χ1) is 11.9. The highest BCUT2D eigenvalue weighted by molar-refractivity contribution is 6.02. The molecule has 2 heterocycles. The van der Waals surface area contributed by atoms with Crippen molar-refractivity contribution in [3.8, 4) is 0 Å². The van der Waals surface area contributed by atoms with E-state index < -0.39 is 6.29 Å². The van der Waals surface area contributed by atoms with Crippen molar-refractivity contribution in [1.29, 1.82) is 0 Å². The quantitative estimate of drug-likeness (QED) is 0.724. The third-order valence-electron chi connectivity index (χ3n) is 4.13. The van der Waals surface area contributed by atoms with Crippen LogP contribution in [-0.2, 0) is 16.1 Å². The number of aromatic nitrogens is 3. The Kier molecular flexibility index (Phi) is 3.96. The molecule has 24 heavy (non-hydrogen) atoms. The summed E-state index contributed by atoms with van der Waals surface area (Å²) in [6.45, 7) is 3.11. The lowest BCUT2D eigenvalue weighted by molar-refractivity contribution is -0.143. The standard InChI is InChI=1S/C18H18N4O2/c1-2-23-18-14(17(20-24-18)13-8-4-3-5-9-13)12-22-16-11-7-6-10-15(16)19-21-22/h3-11,14,18H,2,12H2,1H3/t14-,18-/m0/s1. The van der Waals surface area contributed by atoms with Gasteiger partial charge in [-0.05, 0) is 24.6 Å². The van der Waals surface area contributed by atoms with Crippen molar-refractivity contribution in [2.45, 2.75) is 19.8 Å². The number of benzene rings is 2. The molecule has 1 aliphatic rings. The molecule has 0 bridgehead atoms. The van der Waals surface area contributed by atoms with Crippen molar-refractivity contribution < 1.29 is 9.57 Å². The van der Waals surface area contributed by atoms with Crippen molar-refractivity contribution in [2.75, 3.05) is 6.61 Å². The Labute approximate surface area is 139 Å². The second kappa shape index (κ2) is 6.41. The molecule has 0 unspecified atom stereocenters. The minimum Gasteiger partial charge on any atom is -0.363 e. The van der Waals surface area contributed by atoms with Gasteiger partial charge in [-0.15, -0.1) is 5.10 Å². The summed E-state index contributed by atoms with van der Waals surface area (Å²) < 4.78 is 7.62. The molecule has 1 aliphatic heterocycles. The monoisotopic (exact) mass is 322 g/mol. The SMILES string of the molecule is CCO[C@H]1ON=C(c2ccccc2)[C@@H]1Cn1nnc2ccccc21. The molecule has 2 aromatic carbocycles. The van der Waals surface area contributed by atoms with Crippen LogP contribution >= 0.6 is 0 Å². The first-order valence-corrected chi connectivity index (χ1v) is 8.06. The maximum atomic E-state index is 5.73. The fourth-order valence-electron chi connectivity index (χ4n) is 2.98. The van der Waals surface area contributed by atoms with Crippen molar-refractivity contribution in [1.82, 2.24) is 15.0 Å². The van der Waals surface area contributed by atoms with Crippen LogP contribution in [0.15, 0.2) is 59.8 Å². The lowest BCUT2D eigenvalue weighted by Crippen LogP contribution is -2.31. The van der Waals surface area contributed by atoms with Gasteiger partial charge < -0.3 is 9.57 Å². The molecule has 6 heteroatoms. The highest BCUT2D eigenvalue weighted by atomic mass is 16.8. The van der Waals surface area contributed by atoms with E-state index in [4.69, 9.17) is 9.57 Å². The van der Waals surface area contributed by atoms with Crippen LogP contribution in [0.25, 0.3) is 11.0 Å². The van der Waals surface area contributed by atoms with E-state index in [1.54, 1.807) is 0 Å². The summed E-state index contributed by atoms with van der Waals surface area (Å²) >= 11 is 0. The zero-order chi connectivity index (χ0) is 16.4. The van der Waals surface area contributed by atoms with Crippen molar-refractivity contribution in [3.63, 3.8) is 0 Å². The number of hydrogen-bond acceptors (Lipinski definition) is 5. The van der Waals surface area contributed by atoms with Gasteiger partial charge in [0.1, 0.15) is 5.52 Å². The zero-order valence-electron chi connectivity index (χ0n) is 13.4. The Morgan fingerprint density at radius 3 is 2.71 bits per heavy atom. The van der Waals surface area contributed by atoms with Crippen LogP contribution < -0.4 is 0 Å². The normalized spacial score (nSPS) is 20.1. The number of para-hydroxylation sites is 1. The van der Waals surface area contributed by atoms with E-state index >= 15 is 0 Å². The largest absolute Gasteiger partial charge is 0.363 e. The first-order valence-electron chi connectivity index (χ1n) is 8.06. The Hall–Kier alpha value is -2.73. The lowest BCUT2D eigenvalue weighted by atomic mass is 9.96. The van der Waals surface area contributed by atoms with E-state index in [0.717, 1.165) is 22.3 Å². The van der Waals surface area contributed by atoms with Crippen LogP contribution in [-0.4, -0.2) is 33.6 Å². The summed E-state index contributed by atoms with van der Waals surface area (Å²) in [7, 11) is 0. The van der Waals surface area contributed by atoms with E-state index in [1.807, 2.05) is 66.2 Å². The second-order valence-corrected chi connectivity index (χ2v) is 5.64. The maximum Gasteiger partial charge on any atom is 0.237 e. The minimum absolute atomic E-state index is 0.0440. The van der Waals surface area contributed by atoms with Gasteiger partial charge in [0.25, 0.3) is 0 Å². The number of nitrogens with zero attached hydrogens (tertiary/aromatic N) is 4. The Morgan fingerprint density at radius 2 is 1.88 bits per heavy atom. The fraction of sp³-hybridized carbons (Fsp3) is 0.278. The number of ether oxygens (including phenoxy) is 1. The Morgan fingerprint density at radius 1 is 1.08 bits per heavy atom. The molecular weight excluding hydrogens is 304 g/mol. The van der Waals surface area contributed by atoms with Gasteiger partial charge in [-0.1, -0.05) is 52.8 Å². The summed E-state index contributed by atoms with van der Waals surface area (Å²) in [5.41, 5.74) is 3.79. The van der Waals surface area contributed by atoms with Gasteiger partial charge in [-0.3, -0.25) is 0 Å². The van der Waals surface area contributed by atoms with E-state index in [2.05, 4.69) is 15.5 Å². The number of fused-ring (bicyclic) bond motifs is 1. The van der Waals surface area contributed by atoms with Gasteiger partial charge in [0, 0.05) is 6.61 Å². The zero-order valence-corrected chi connectivity index (χ0v) is 13.4. The van der Waals surface area contributed by atoms with Crippen LogP contribution in [0.3, 0.4) is 0 Å². The summed E-state index contributed by atoms with van der Waals surface area (Å²) in [4.78, 5) is 5.54. The van der Waals surface area contributed by atoms with Crippen LogP contribution in [0, 0.1) is 5.92 Å². The van der Waals surface area contributed by atoms with Crippen LogP contribution in [0.1, 0.15) is 12.5 Å². The summed E-state index contributed by atoms with van der Waals surface area (Å²) in [5.74, 6) is -0.0440. The molecule has 0 amide bonds. The van der Waals surface area contributed by atoms with E-state index in [-0.39, 0.29) is 5.92 Å².